The van der Waals surface area contributed by atoms with Crippen LogP contribution in [0.25, 0.3) is 0 Å². The number of rotatable bonds is 5. The van der Waals surface area contributed by atoms with Gasteiger partial charge in [0.1, 0.15) is 24.9 Å². The predicted molar refractivity (Wildman–Crippen MR) is 94.2 cm³/mol. The first-order chi connectivity index (χ1) is 12.1. The fourth-order valence-electron chi connectivity index (χ4n) is 3.18. The number of hydrogen-bond donors (Lipinski definition) is 2. The molecule has 132 valence electrons. The first-order valence-electron chi connectivity index (χ1n) is 8.66. The van der Waals surface area contributed by atoms with Crippen LogP contribution in [0.1, 0.15) is 27.5 Å². The van der Waals surface area contributed by atoms with Crippen molar-refractivity contribution in [3.8, 4) is 0 Å². The SMILES string of the molecule is Cc1ccc(C(=O)NC[C@H](c2ccc(F)cc2)[NH+]2CCOCC2)cc1. The highest BCUT2D eigenvalue weighted by molar-refractivity contribution is 5.94. The lowest BCUT2D eigenvalue weighted by Crippen LogP contribution is -3.15. The molecule has 0 spiro atoms. The van der Waals surface area contributed by atoms with Gasteiger partial charge >= 0.3 is 0 Å². The fourth-order valence-corrected chi connectivity index (χ4v) is 3.18. The minimum absolute atomic E-state index is 0.0823. The summed E-state index contributed by atoms with van der Waals surface area (Å²) in [7, 11) is 0. The van der Waals surface area contributed by atoms with Gasteiger partial charge in [-0.15, -0.1) is 0 Å². The molecule has 1 saturated heterocycles. The predicted octanol–water partition coefficient (Wildman–Crippen LogP) is 1.52. The number of ether oxygens (including phenoxy) is 1. The van der Waals surface area contributed by atoms with E-state index in [1.54, 1.807) is 12.1 Å². The second kappa shape index (κ2) is 8.23. The van der Waals surface area contributed by atoms with E-state index < -0.39 is 0 Å². The molecule has 1 fully saturated rings. The zero-order valence-electron chi connectivity index (χ0n) is 14.4. The molecule has 2 aromatic carbocycles. The van der Waals surface area contributed by atoms with Crippen molar-refractivity contribution in [1.82, 2.24) is 5.32 Å². The summed E-state index contributed by atoms with van der Waals surface area (Å²) in [5, 5.41) is 3.03. The molecule has 1 atom stereocenters. The van der Waals surface area contributed by atoms with Gasteiger partial charge in [0.15, 0.2) is 0 Å². The second-order valence-corrected chi connectivity index (χ2v) is 6.45. The largest absolute Gasteiger partial charge is 0.370 e. The molecular weight excluding hydrogens is 319 g/mol. The summed E-state index contributed by atoms with van der Waals surface area (Å²) < 4.78 is 18.7. The highest BCUT2D eigenvalue weighted by Gasteiger charge is 2.27. The number of benzene rings is 2. The minimum atomic E-state index is -0.247. The van der Waals surface area contributed by atoms with Gasteiger partial charge in [-0.1, -0.05) is 29.8 Å². The average molecular weight is 343 g/mol. The van der Waals surface area contributed by atoms with Crippen molar-refractivity contribution in [1.29, 1.82) is 0 Å². The molecule has 0 bridgehead atoms. The summed E-state index contributed by atoms with van der Waals surface area (Å²) in [6, 6.07) is 14.2. The number of quaternary nitrogens is 1. The molecule has 2 aromatic rings. The maximum Gasteiger partial charge on any atom is 0.251 e. The van der Waals surface area contributed by atoms with Gasteiger partial charge in [0.25, 0.3) is 5.91 Å². The van der Waals surface area contributed by atoms with Crippen LogP contribution in [0.4, 0.5) is 4.39 Å². The molecule has 2 N–H and O–H groups in total. The van der Waals surface area contributed by atoms with Crippen molar-refractivity contribution in [2.24, 2.45) is 0 Å². The lowest BCUT2D eigenvalue weighted by Gasteiger charge is -2.32. The molecule has 1 aliphatic heterocycles. The maximum atomic E-state index is 13.3. The highest BCUT2D eigenvalue weighted by atomic mass is 19.1. The fraction of sp³-hybridized carbons (Fsp3) is 0.350. The minimum Gasteiger partial charge on any atom is -0.370 e. The number of aryl methyl sites for hydroxylation is 1. The van der Waals surface area contributed by atoms with E-state index in [1.807, 2.05) is 31.2 Å². The molecule has 1 heterocycles. The molecule has 5 heteroatoms. The molecule has 1 aliphatic rings. The van der Waals surface area contributed by atoms with Crippen molar-refractivity contribution in [3.63, 3.8) is 0 Å². The van der Waals surface area contributed by atoms with Crippen LogP contribution in [0.3, 0.4) is 0 Å². The second-order valence-electron chi connectivity index (χ2n) is 6.45. The third-order valence-electron chi connectivity index (χ3n) is 4.68. The molecule has 0 unspecified atom stereocenters. The number of morpholine rings is 1. The van der Waals surface area contributed by atoms with Gasteiger partial charge in [0, 0.05) is 11.1 Å². The Morgan fingerprint density at radius 2 is 1.76 bits per heavy atom. The summed E-state index contributed by atoms with van der Waals surface area (Å²) in [6.07, 6.45) is 0. The van der Waals surface area contributed by atoms with Crippen LogP contribution >= 0.6 is 0 Å². The van der Waals surface area contributed by atoms with Gasteiger partial charge in [-0.3, -0.25) is 4.79 Å². The summed E-state index contributed by atoms with van der Waals surface area (Å²) in [5.74, 6) is -0.331. The van der Waals surface area contributed by atoms with Gasteiger partial charge in [-0.2, -0.15) is 0 Å². The van der Waals surface area contributed by atoms with E-state index in [0.29, 0.717) is 25.3 Å². The Bertz CT molecular complexity index is 695. The molecule has 4 nitrogen and oxygen atoms in total. The number of carbonyl (C=O) groups excluding carboxylic acids is 1. The normalized spacial score (nSPS) is 16.4. The van der Waals surface area contributed by atoms with Crippen LogP contribution in [0.2, 0.25) is 0 Å². The van der Waals surface area contributed by atoms with E-state index in [9.17, 15) is 9.18 Å². The van der Waals surface area contributed by atoms with Crippen LogP contribution in [0.15, 0.2) is 48.5 Å². The van der Waals surface area contributed by atoms with Gasteiger partial charge in [-0.25, -0.2) is 4.39 Å². The Kier molecular flexibility index (Phi) is 5.79. The van der Waals surface area contributed by atoms with Crippen LogP contribution in [0, 0.1) is 12.7 Å². The molecule has 0 saturated carbocycles. The van der Waals surface area contributed by atoms with Gasteiger partial charge in [-0.05, 0) is 31.2 Å². The van der Waals surface area contributed by atoms with Crippen molar-refractivity contribution in [2.45, 2.75) is 13.0 Å². The average Bonchev–Trinajstić information content (AvgIpc) is 2.64. The first kappa shape index (κ1) is 17.6. The number of amides is 1. The maximum absolute atomic E-state index is 13.3. The Balaban J connectivity index is 1.71. The van der Waals surface area contributed by atoms with Crippen molar-refractivity contribution in [2.75, 3.05) is 32.8 Å². The summed E-state index contributed by atoms with van der Waals surface area (Å²) in [5.41, 5.74) is 2.81. The van der Waals surface area contributed by atoms with E-state index >= 15 is 0 Å². The van der Waals surface area contributed by atoms with Gasteiger partial charge in [0.2, 0.25) is 0 Å². The molecule has 3 rings (SSSR count). The topological polar surface area (TPSA) is 42.8 Å². The van der Waals surface area contributed by atoms with Gasteiger partial charge < -0.3 is 15.0 Å². The van der Waals surface area contributed by atoms with Crippen molar-refractivity contribution >= 4 is 5.91 Å². The Hall–Kier alpha value is -2.24. The monoisotopic (exact) mass is 343 g/mol. The summed E-state index contributed by atoms with van der Waals surface area (Å²) in [6.45, 7) is 5.67. The number of nitrogens with one attached hydrogen (secondary N) is 2. The lowest BCUT2D eigenvalue weighted by atomic mass is 10.0. The molecule has 25 heavy (non-hydrogen) atoms. The van der Waals surface area contributed by atoms with Crippen molar-refractivity contribution < 1.29 is 18.8 Å². The molecule has 1 amide bonds. The third kappa shape index (κ3) is 4.65. The standard InChI is InChI=1S/C20H23FN2O2/c1-15-2-4-17(5-3-15)20(24)22-14-19(23-10-12-25-13-11-23)16-6-8-18(21)9-7-16/h2-9,19H,10-14H2,1H3,(H,22,24)/p+1/t19-/m1/s1. The zero-order valence-corrected chi connectivity index (χ0v) is 14.4. The Morgan fingerprint density at radius 3 is 2.40 bits per heavy atom. The van der Waals surface area contributed by atoms with E-state index in [-0.39, 0.29) is 17.8 Å². The van der Waals surface area contributed by atoms with Crippen LogP contribution < -0.4 is 10.2 Å². The molecule has 0 radical (unpaired) electrons. The van der Waals surface area contributed by atoms with E-state index in [4.69, 9.17) is 4.74 Å². The molecule has 0 aromatic heterocycles. The van der Waals surface area contributed by atoms with Gasteiger partial charge in [0.05, 0.1) is 19.8 Å². The number of halogens is 1. The number of hydrogen-bond acceptors (Lipinski definition) is 2. The lowest BCUT2D eigenvalue weighted by molar-refractivity contribution is -0.937. The third-order valence-corrected chi connectivity index (χ3v) is 4.68. The Labute approximate surface area is 147 Å². The van der Waals surface area contributed by atoms with Crippen molar-refractivity contribution in [3.05, 3.63) is 71.0 Å². The van der Waals surface area contributed by atoms with E-state index in [1.165, 1.54) is 17.0 Å². The summed E-state index contributed by atoms with van der Waals surface area (Å²) >= 11 is 0. The highest BCUT2D eigenvalue weighted by Crippen LogP contribution is 2.11. The van der Waals surface area contributed by atoms with Crippen LogP contribution in [-0.4, -0.2) is 38.8 Å². The van der Waals surface area contributed by atoms with E-state index in [2.05, 4.69) is 5.32 Å². The quantitative estimate of drug-likeness (QED) is 0.864. The molecule has 0 aliphatic carbocycles. The number of carbonyl (C=O) groups is 1. The zero-order chi connectivity index (χ0) is 17.6. The Morgan fingerprint density at radius 1 is 1.12 bits per heavy atom. The molecular formula is C20H24FN2O2+. The summed E-state index contributed by atoms with van der Waals surface area (Å²) in [4.78, 5) is 13.8. The smallest absolute Gasteiger partial charge is 0.251 e. The first-order valence-corrected chi connectivity index (χ1v) is 8.66. The van der Waals surface area contributed by atoms with Crippen LogP contribution in [-0.2, 0) is 4.74 Å². The van der Waals surface area contributed by atoms with E-state index in [0.717, 1.165) is 24.2 Å². The van der Waals surface area contributed by atoms with Crippen LogP contribution in [0.5, 0.6) is 0 Å².